The molecule has 0 aliphatic heterocycles. The van der Waals surface area contributed by atoms with E-state index in [4.69, 9.17) is 4.74 Å². The summed E-state index contributed by atoms with van der Waals surface area (Å²) in [5.41, 5.74) is 0. The van der Waals surface area contributed by atoms with E-state index in [1.54, 1.807) is 11.8 Å². The van der Waals surface area contributed by atoms with Gasteiger partial charge in [-0.1, -0.05) is 12.1 Å². The molecule has 1 aromatic carbocycles. The first-order chi connectivity index (χ1) is 9.70. The number of carbonyl (C=O) groups is 1. The quantitative estimate of drug-likeness (QED) is 0.569. The van der Waals surface area contributed by atoms with E-state index in [0.29, 0.717) is 12.6 Å². The van der Waals surface area contributed by atoms with E-state index in [-0.39, 0.29) is 12.0 Å². The summed E-state index contributed by atoms with van der Waals surface area (Å²) in [6.07, 6.45) is 3.14. The third kappa shape index (κ3) is 5.11. The van der Waals surface area contributed by atoms with Gasteiger partial charge in [-0.05, 0) is 54.2 Å². The number of hydrogen-bond acceptors (Lipinski definition) is 4. The first-order valence-electron chi connectivity index (χ1n) is 7.00. The molecule has 0 aromatic heterocycles. The predicted molar refractivity (Wildman–Crippen MR) is 86.1 cm³/mol. The molecule has 1 saturated carbocycles. The Morgan fingerprint density at radius 2 is 2.25 bits per heavy atom. The molecule has 2 rings (SSSR count). The number of rotatable bonds is 8. The minimum atomic E-state index is -0.169. The molecule has 0 spiro atoms. The Bertz CT molecular complexity index is 451. The van der Waals surface area contributed by atoms with Gasteiger partial charge in [-0.25, -0.2) is 0 Å². The van der Waals surface area contributed by atoms with Crippen LogP contribution in [0.25, 0.3) is 0 Å². The van der Waals surface area contributed by atoms with Crippen LogP contribution in [0.3, 0.4) is 0 Å². The van der Waals surface area contributed by atoms with Gasteiger partial charge in [0.15, 0.2) is 0 Å². The number of halogens is 1. The molecule has 1 unspecified atom stereocenters. The maximum absolute atomic E-state index is 11.9. The van der Waals surface area contributed by atoms with Crippen molar-refractivity contribution in [2.45, 2.75) is 43.2 Å². The van der Waals surface area contributed by atoms with Crippen molar-refractivity contribution in [2.24, 2.45) is 0 Å². The molecule has 5 heteroatoms. The maximum atomic E-state index is 11.9. The van der Waals surface area contributed by atoms with Crippen LogP contribution in [0.1, 0.15) is 26.2 Å². The number of hydrogen-bond donors (Lipinski definition) is 1. The molecule has 1 atom stereocenters. The Labute approximate surface area is 133 Å². The molecule has 0 bridgehead atoms. The zero-order valence-corrected chi connectivity index (χ0v) is 14.0. The van der Waals surface area contributed by atoms with Gasteiger partial charge in [0.05, 0.1) is 6.61 Å². The van der Waals surface area contributed by atoms with Gasteiger partial charge in [-0.3, -0.25) is 4.79 Å². The minimum Gasteiger partial charge on any atom is -0.465 e. The van der Waals surface area contributed by atoms with Crippen molar-refractivity contribution in [1.82, 2.24) is 5.32 Å². The SMILES string of the molecule is CCOC(=O)C(CCSc1ccccc1Br)NC1CC1. The number of benzene rings is 1. The fraction of sp³-hybridized carbons (Fsp3) is 0.533. The van der Waals surface area contributed by atoms with Crippen LogP contribution in [-0.4, -0.2) is 30.4 Å². The zero-order chi connectivity index (χ0) is 14.4. The second-order valence-electron chi connectivity index (χ2n) is 4.81. The summed E-state index contributed by atoms with van der Waals surface area (Å²) in [5, 5.41) is 3.38. The van der Waals surface area contributed by atoms with Crippen molar-refractivity contribution < 1.29 is 9.53 Å². The molecular weight excluding hydrogens is 338 g/mol. The van der Waals surface area contributed by atoms with Crippen molar-refractivity contribution in [3.63, 3.8) is 0 Å². The summed E-state index contributed by atoms with van der Waals surface area (Å²) in [5.74, 6) is 0.776. The molecule has 3 nitrogen and oxygen atoms in total. The first kappa shape index (κ1) is 15.9. The summed E-state index contributed by atoms with van der Waals surface area (Å²) in [7, 11) is 0. The number of ether oxygens (including phenoxy) is 1. The van der Waals surface area contributed by atoms with E-state index in [0.717, 1.165) is 16.6 Å². The molecule has 20 heavy (non-hydrogen) atoms. The van der Waals surface area contributed by atoms with Crippen molar-refractivity contribution >= 4 is 33.7 Å². The van der Waals surface area contributed by atoms with E-state index in [1.165, 1.54) is 17.7 Å². The molecule has 0 radical (unpaired) electrons. The second kappa shape index (κ2) is 8.05. The predicted octanol–water partition coefficient (Wildman–Crippen LogP) is 3.62. The lowest BCUT2D eigenvalue weighted by molar-refractivity contribution is -0.145. The van der Waals surface area contributed by atoms with Gasteiger partial charge in [0, 0.05) is 21.2 Å². The molecule has 1 aliphatic carbocycles. The Kier molecular flexibility index (Phi) is 6.39. The van der Waals surface area contributed by atoms with Crippen LogP contribution in [0.2, 0.25) is 0 Å². The van der Waals surface area contributed by atoms with Crippen molar-refractivity contribution in [3.8, 4) is 0 Å². The van der Waals surface area contributed by atoms with Crippen LogP contribution in [0.4, 0.5) is 0 Å². The lowest BCUT2D eigenvalue weighted by Crippen LogP contribution is -2.39. The van der Waals surface area contributed by atoms with Crippen LogP contribution in [0.5, 0.6) is 0 Å². The highest BCUT2D eigenvalue weighted by atomic mass is 79.9. The molecule has 1 N–H and O–H groups in total. The highest BCUT2D eigenvalue weighted by molar-refractivity contribution is 9.10. The van der Waals surface area contributed by atoms with Crippen LogP contribution in [-0.2, 0) is 9.53 Å². The van der Waals surface area contributed by atoms with Crippen LogP contribution >= 0.6 is 27.7 Å². The fourth-order valence-electron chi connectivity index (χ4n) is 1.90. The van der Waals surface area contributed by atoms with Gasteiger partial charge < -0.3 is 10.1 Å². The fourth-order valence-corrected chi connectivity index (χ4v) is 3.48. The topological polar surface area (TPSA) is 38.3 Å². The van der Waals surface area contributed by atoms with Gasteiger partial charge >= 0.3 is 5.97 Å². The molecule has 110 valence electrons. The lowest BCUT2D eigenvalue weighted by atomic mass is 10.2. The monoisotopic (exact) mass is 357 g/mol. The summed E-state index contributed by atoms with van der Waals surface area (Å²) in [4.78, 5) is 13.1. The van der Waals surface area contributed by atoms with Gasteiger partial charge in [0.2, 0.25) is 0 Å². The third-order valence-corrected chi connectivity index (χ3v) is 5.15. The normalized spacial score (nSPS) is 15.9. The van der Waals surface area contributed by atoms with Gasteiger partial charge in [0.1, 0.15) is 6.04 Å². The van der Waals surface area contributed by atoms with Crippen molar-refractivity contribution in [2.75, 3.05) is 12.4 Å². The summed E-state index contributed by atoms with van der Waals surface area (Å²) < 4.78 is 6.24. The number of thioether (sulfide) groups is 1. The standard InChI is InChI=1S/C15H20BrNO2S/c1-2-19-15(18)13(17-11-7-8-11)9-10-20-14-6-4-3-5-12(14)16/h3-6,11,13,17H,2,7-10H2,1H3. The van der Waals surface area contributed by atoms with E-state index in [2.05, 4.69) is 27.3 Å². The van der Waals surface area contributed by atoms with Gasteiger partial charge in [-0.15, -0.1) is 11.8 Å². The number of esters is 1. The van der Waals surface area contributed by atoms with Crippen molar-refractivity contribution in [1.29, 1.82) is 0 Å². The van der Waals surface area contributed by atoms with Crippen LogP contribution < -0.4 is 5.32 Å². The van der Waals surface area contributed by atoms with Crippen LogP contribution in [0.15, 0.2) is 33.6 Å². The van der Waals surface area contributed by atoms with E-state index in [1.807, 2.05) is 25.1 Å². The van der Waals surface area contributed by atoms with Crippen molar-refractivity contribution in [3.05, 3.63) is 28.7 Å². The average molecular weight is 358 g/mol. The van der Waals surface area contributed by atoms with Gasteiger partial charge in [-0.2, -0.15) is 0 Å². The Hall–Kier alpha value is -0.520. The van der Waals surface area contributed by atoms with E-state index < -0.39 is 0 Å². The Balaban J connectivity index is 1.81. The molecule has 0 amide bonds. The third-order valence-electron chi connectivity index (χ3n) is 3.09. The van der Waals surface area contributed by atoms with Crippen LogP contribution in [0, 0.1) is 0 Å². The number of nitrogens with one attached hydrogen (secondary N) is 1. The zero-order valence-electron chi connectivity index (χ0n) is 11.6. The first-order valence-corrected chi connectivity index (χ1v) is 8.78. The van der Waals surface area contributed by atoms with E-state index in [9.17, 15) is 4.79 Å². The summed E-state index contributed by atoms with van der Waals surface area (Å²) in [6, 6.07) is 8.49. The smallest absolute Gasteiger partial charge is 0.323 e. The Morgan fingerprint density at radius 1 is 1.50 bits per heavy atom. The molecule has 1 aliphatic rings. The molecule has 0 heterocycles. The Morgan fingerprint density at radius 3 is 2.90 bits per heavy atom. The van der Waals surface area contributed by atoms with Gasteiger partial charge in [0.25, 0.3) is 0 Å². The number of carbonyl (C=O) groups excluding carboxylic acids is 1. The molecular formula is C15H20BrNO2S. The average Bonchev–Trinajstić information content (AvgIpc) is 3.24. The maximum Gasteiger partial charge on any atom is 0.323 e. The molecule has 0 saturated heterocycles. The largest absolute Gasteiger partial charge is 0.465 e. The summed E-state index contributed by atoms with van der Waals surface area (Å²) >= 11 is 5.30. The molecule has 1 aromatic rings. The van der Waals surface area contributed by atoms with E-state index >= 15 is 0 Å². The molecule has 1 fully saturated rings. The summed E-state index contributed by atoms with van der Waals surface area (Å²) in [6.45, 7) is 2.29. The highest BCUT2D eigenvalue weighted by Gasteiger charge is 2.28. The minimum absolute atomic E-state index is 0.118. The lowest BCUT2D eigenvalue weighted by Gasteiger charge is -2.16. The highest BCUT2D eigenvalue weighted by Crippen LogP contribution is 2.28. The second-order valence-corrected chi connectivity index (χ2v) is 6.80.